The van der Waals surface area contributed by atoms with Gasteiger partial charge >= 0.3 is 0 Å². The molecule has 25 heavy (non-hydrogen) atoms. The molecule has 0 fully saturated rings. The van der Waals surface area contributed by atoms with Gasteiger partial charge in [-0.15, -0.1) is 6.58 Å². The lowest BCUT2D eigenvalue weighted by atomic mass is 9.73. The number of nitrogens with zero attached hydrogens (tertiary/aromatic N) is 1. The van der Waals surface area contributed by atoms with E-state index >= 15 is 0 Å². The second kappa shape index (κ2) is 6.06. The van der Waals surface area contributed by atoms with Crippen LogP contribution >= 0.6 is 0 Å². The molecule has 1 aliphatic rings. The molecule has 1 aliphatic heterocycles. The maximum absolute atomic E-state index is 13.8. The zero-order valence-corrected chi connectivity index (χ0v) is 13.9. The molecule has 1 amide bonds. The van der Waals surface area contributed by atoms with Crippen molar-refractivity contribution in [3.8, 4) is 0 Å². The highest BCUT2D eigenvalue weighted by atomic mass is 16.2. The Morgan fingerprint density at radius 1 is 0.840 bits per heavy atom. The minimum absolute atomic E-state index is 0.0750. The minimum Gasteiger partial charge on any atom is -0.280 e. The fourth-order valence-corrected chi connectivity index (χ4v) is 3.81. The van der Waals surface area contributed by atoms with Gasteiger partial charge in [-0.1, -0.05) is 72.8 Å². The Hall–Kier alpha value is -3.13. The van der Waals surface area contributed by atoms with Gasteiger partial charge in [0.15, 0.2) is 0 Å². The molecule has 0 aromatic heterocycles. The summed E-state index contributed by atoms with van der Waals surface area (Å²) in [5.41, 5.74) is 3.15. The maximum atomic E-state index is 13.8. The molecule has 4 rings (SSSR count). The van der Waals surface area contributed by atoms with Crippen LogP contribution in [0.5, 0.6) is 0 Å². The molecule has 0 spiro atoms. The number of hydrogen-bond donors (Lipinski definition) is 0. The highest BCUT2D eigenvalue weighted by molar-refractivity contribution is 6.15. The average Bonchev–Trinajstić information content (AvgIpc) is 2.93. The van der Waals surface area contributed by atoms with Crippen LogP contribution in [-0.4, -0.2) is 5.91 Å². The molecule has 0 radical (unpaired) electrons. The van der Waals surface area contributed by atoms with Gasteiger partial charge in [0.1, 0.15) is 5.41 Å². The van der Waals surface area contributed by atoms with E-state index < -0.39 is 5.41 Å². The molecule has 3 aromatic carbocycles. The van der Waals surface area contributed by atoms with Crippen molar-refractivity contribution < 1.29 is 4.79 Å². The van der Waals surface area contributed by atoms with E-state index in [1.807, 2.05) is 89.8 Å². The van der Waals surface area contributed by atoms with Crippen molar-refractivity contribution in [2.75, 3.05) is 4.90 Å². The fourth-order valence-electron chi connectivity index (χ4n) is 3.81. The third kappa shape index (κ3) is 2.22. The molecular formula is C23H19NO. The van der Waals surface area contributed by atoms with Crippen molar-refractivity contribution in [1.82, 2.24) is 0 Å². The van der Waals surface area contributed by atoms with Crippen molar-refractivity contribution in [2.24, 2.45) is 0 Å². The van der Waals surface area contributed by atoms with Crippen LogP contribution in [0.1, 0.15) is 17.5 Å². The Kier molecular flexibility index (Phi) is 3.73. The summed E-state index contributed by atoms with van der Waals surface area (Å²) in [6.45, 7) is 3.93. The topological polar surface area (TPSA) is 20.3 Å². The van der Waals surface area contributed by atoms with Gasteiger partial charge in [-0.2, -0.15) is 0 Å². The molecule has 1 atom stereocenters. The molecule has 1 heterocycles. The number of amides is 1. The average molecular weight is 325 g/mol. The van der Waals surface area contributed by atoms with Crippen LogP contribution in [0.25, 0.3) is 0 Å². The Morgan fingerprint density at radius 2 is 1.44 bits per heavy atom. The summed E-state index contributed by atoms with van der Waals surface area (Å²) in [6.07, 6.45) is 2.41. The van der Waals surface area contributed by atoms with E-state index in [1.54, 1.807) is 0 Å². The Bertz CT molecular complexity index is 917. The maximum Gasteiger partial charge on any atom is 0.247 e. The molecule has 0 N–H and O–H groups in total. The molecule has 1 unspecified atom stereocenters. The normalized spacial score (nSPS) is 18.9. The van der Waals surface area contributed by atoms with E-state index in [9.17, 15) is 4.79 Å². The monoisotopic (exact) mass is 325 g/mol. The Morgan fingerprint density at radius 3 is 2.12 bits per heavy atom. The quantitative estimate of drug-likeness (QED) is 0.602. The lowest BCUT2D eigenvalue weighted by Gasteiger charge is -2.28. The van der Waals surface area contributed by atoms with Crippen LogP contribution in [-0.2, 0) is 10.2 Å². The number of anilines is 2. The highest BCUT2D eigenvalue weighted by Crippen LogP contribution is 2.50. The number of rotatable bonds is 4. The largest absolute Gasteiger partial charge is 0.280 e. The first-order chi connectivity index (χ1) is 12.3. The van der Waals surface area contributed by atoms with Gasteiger partial charge in [-0.25, -0.2) is 0 Å². The fraction of sp³-hybridized carbons (Fsp3) is 0.0870. The number of hydrogen-bond acceptors (Lipinski definition) is 1. The third-order valence-corrected chi connectivity index (χ3v) is 4.90. The molecule has 3 aromatic rings. The number of benzene rings is 3. The molecule has 122 valence electrons. The van der Waals surface area contributed by atoms with Gasteiger partial charge in [-0.05, 0) is 35.7 Å². The SMILES string of the molecule is C=CCC1(c2ccccc2)C(=O)N(c2ccccc2)c2ccccc21. The van der Waals surface area contributed by atoms with Crippen molar-refractivity contribution in [3.63, 3.8) is 0 Å². The first kappa shape index (κ1) is 15.4. The van der Waals surface area contributed by atoms with Crippen LogP contribution in [0.3, 0.4) is 0 Å². The number of allylic oxidation sites excluding steroid dienone is 1. The van der Waals surface area contributed by atoms with Crippen LogP contribution in [0.4, 0.5) is 11.4 Å². The lowest BCUT2D eigenvalue weighted by molar-refractivity contribution is -0.121. The Balaban J connectivity index is 2.00. The number of fused-ring (bicyclic) bond motifs is 1. The summed E-state index contributed by atoms with van der Waals surface area (Å²) in [5.74, 6) is 0.0750. The molecule has 0 bridgehead atoms. The first-order valence-electron chi connectivity index (χ1n) is 8.44. The minimum atomic E-state index is -0.727. The van der Waals surface area contributed by atoms with E-state index in [4.69, 9.17) is 0 Å². The smallest absolute Gasteiger partial charge is 0.247 e. The summed E-state index contributed by atoms with van der Waals surface area (Å²) >= 11 is 0. The summed E-state index contributed by atoms with van der Waals surface area (Å²) in [7, 11) is 0. The van der Waals surface area contributed by atoms with Crippen molar-refractivity contribution >= 4 is 17.3 Å². The second-order valence-corrected chi connectivity index (χ2v) is 6.26. The Labute approximate surface area is 148 Å². The number of carbonyl (C=O) groups is 1. The van der Waals surface area contributed by atoms with E-state index in [-0.39, 0.29) is 5.91 Å². The molecular weight excluding hydrogens is 306 g/mol. The van der Waals surface area contributed by atoms with E-state index in [0.29, 0.717) is 6.42 Å². The van der Waals surface area contributed by atoms with E-state index in [0.717, 1.165) is 22.5 Å². The number of para-hydroxylation sites is 2. The molecule has 0 aliphatic carbocycles. The van der Waals surface area contributed by atoms with Gasteiger partial charge in [-0.3, -0.25) is 9.69 Å². The van der Waals surface area contributed by atoms with Gasteiger partial charge in [0.05, 0.1) is 5.69 Å². The zero-order chi connectivity index (χ0) is 17.3. The van der Waals surface area contributed by atoms with Crippen LogP contribution in [0.15, 0.2) is 97.6 Å². The zero-order valence-electron chi connectivity index (χ0n) is 13.9. The van der Waals surface area contributed by atoms with E-state index in [1.165, 1.54) is 0 Å². The molecule has 0 saturated carbocycles. The lowest BCUT2D eigenvalue weighted by Crippen LogP contribution is -2.39. The molecule has 2 nitrogen and oxygen atoms in total. The summed E-state index contributed by atoms with van der Waals surface area (Å²) in [5, 5.41) is 0. The standard InChI is InChI=1S/C23H19NO/c1-2-17-23(18-11-5-3-6-12-18)20-15-9-10-16-21(20)24(22(23)25)19-13-7-4-8-14-19/h2-16H,1,17H2. The summed E-state index contributed by atoms with van der Waals surface area (Å²) < 4.78 is 0. The number of carbonyl (C=O) groups excluding carboxylic acids is 1. The summed E-state index contributed by atoms with van der Waals surface area (Å²) in [6, 6.07) is 27.9. The highest BCUT2D eigenvalue weighted by Gasteiger charge is 2.51. The van der Waals surface area contributed by atoms with Gasteiger partial charge in [0, 0.05) is 5.69 Å². The summed E-state index contributed by atoms with van der Waals surface area (Å²) in [4.78, 5) is 15.6. The first-order valence-corrected chi connectivity index (χ1v) is 8.44. The molecule has 0 saturated heterocycles. The van der Waals surface area contributed by atoms with Gasteiger partial charge in [0.2, 0.25) is 5.91 Å². The predicted molar refractivity (Wildman–Crippen MR) is 102 cm³/mol. The van der Waals surface area contributed by atoms with Crippen molar-refractivity contribution in [1.29, 1.82) is 0 Å². The van der Waals surface area contributed by atoms with Gasteiger partial charge in [0.25, 0.3) is 0 Å². The van der Waals surface area contributed by atoms with E-state index in [2.05, 4.69) is 12.6 Å². The predicted octanol–water partition coefficient (Wildman–Crippen LogP) is 5.23. The van der Waals surface area contributed by atoms with Crippen LogP contribution < -0.4 is 4.90 Å². The third-order valence-electron chi connectivity index (χ3n) is 4.90. The van der Waals surface area contributed by atoms with Crippen molar-refractivity contribution in [3.05, 3.63) is 109 Å². The second-order valence-electron chi connectivity index (χ2n) is 6.26. The van der Waals surface area contributed by atoms with Crippen LogP contribution in [0, 0.1) is 0 Å². The van der Waals surface area contributed by atoms with Crippen LogP contribution in [0.2, 0.25) is 0 Å². The van der Waals surface area contributed by atoms with Crippen molar-refractivity contribution in [2.45, 2.75) is 11.8 Å². The molecule has 2 heteroatoms. The van der Waals surface area contributed by atoms with Gasteiger partial charge < -0.3 is 0 Å².